The lowest BCUT2D eigenvalue weighted by molar-refractivity contribution is 0.0783. The lowest BCUT2D eigenvalue weighted by Crippen LogP contribution is -2.29. The molecule has 20 heavy (non-hydrogen) atoms. The normalized spacial score (nSPS) is 10.1. The third-order valence-electron chi connectivity index (χ3n) is 2.84. The summed E-state index contributed by atoms with van der Waals surface area (Å²) in [7, 11) is 1.79. The first-order valence-corrected chi connectivity index (χ1v) is 6.86. The van der Waals surface area contributed by atoms with Crippen LogP contribution in [0.4, 0.5) is 0 Å². The van der Waals surface area contributed by atoms with Crippen molar-refractivity contribution in [1.29, 1.82) is 0 Å². The average molecular weight is 274 g/mol. The molecule has 1 heterocycles. The van der Waals surface area contributed by atoms with Crippen molar-refractivity contribution in [3.05, 3.63) is 29.6 Å². The van der Waals surface area contributed by atoms with E-state index in [0.29, 0.717) is 18.0 Å². The molecule has 4 heteroatoms. The van der Waals surface area contributed by atoms with Gasteiger partial charge >= 0.3 is 0 Å². The quantitative estimate of drug-likeness (QED) is 0.835. The van der Waals surface area contributed by atoms with Crippen LogP contribution in [0.2, 0.25) is 0 Å². The summed E-state index contributed by atoms with van der Waals surface area (Å²) in [4.78, 5) is 18.0. The van der Waals surface area contributed by atoms with Gasteiger partial charge in [0.1, 0.15) is 5.69 Å². The minimum absolute atomic E-state index is 0.0532. The fourth-order valence-corrected chi connectivity index (χ4v) is 1.56. The summed E-state index contributed by atoms with van der Waals surface area (Å²) in [6.45, 7) is 5.06. The van der Waals surface area contributed by atoms with Gasteiger partial charge in [-0.05, 0) is 24.5 Å². The van der Waals surface area contributed by atoms with Crippen LogP contribution in [0.15, 0.2) is 18.3 Å². The van der Waals surface area contributed by atoms with Crippen LogP contribution in [0, 0.1) is 17.8 Å². The molecule has 1 N–H and O–H groups in total. The molecular formula is C16H22N2O2. The zero-order valence-corrected chi connectivity index (χ0v) is 12.4. The Bertz CT molecular complexity index is 483. The minimum atomic E-state index is -0.0690. The average Bonchev–Trinajstić information content (AvgIpc) is 2.45. The zero-order chi connectivity index (χ0) is 15.0. The van der Waals surface area contributed by atoms with Gasteiger partial charge in [-0.1, -0.05) is 25.7 Å². The second-order valence-electron chi connectivity index (χ2n) is 5.12. The van der Waals surface area contributed by atoms with Crippen molar-refractivity contribution in [2.45, 2.75) is 26.7 Å². The van der Waals surface area contributed by atoms with E-state index < -0.39 is 0 Å². The van der Waals surface area contributed by atoms with Gasteiger partial charge in [0.25, 0.3) is 5.91 Å². The van der Waals surface area contributed by atoms with E-state index in [4.69, 9.17) is 5.11 Å². The second kappa shape index (κ2) is 8.34. The van der Waals surface area contributed by atoms with Crippen molar-refractivity contribution in [2.75, 3.05) is 20.2 Å². The lowest BCUT2D eigenvalue weighted by Gasteiger charge is -2.17. The molecule has 0 fully saturated rings. The molecule has 1 aromatic heterocycles. The van der Waals surface area contributed by atoms with E-state index in [2.05, 4.69) is 30.7 Å². The predicted octanol–water partition coefficient (Wildman–Crippen LogP) is 1.93. The lowest BCUT2D eigenvalue weighted by atomic mass is 10.1. The van der Waals surface area contributed by atoms with Crippen molar-refractivity contribution in [1.82, 2.24) is 9.88 Å². The molecule has 0 spiro atoms. The SMILES string of the molecule is CC(C)CCN(C)C(=O)c1ccc(C#CCCO)cn1. The number of hydrogen-bond acceptors (Lipinski definition) is 3. The summed E-state index contributed by atoms with van der Waals surface area (Å²) in [6.07, 6.45) is 3.01. The smallest absolute Gasteiger partial charge is 0.272 e. The molecule has 0 unspecified atom stereocenters. The van der Waals surface area contributed by atoms with Gasteiger partial charge in [-0.25, -0.2) is 4.98 Å². The molecule has 4 nitrogen and oxygen atoms in total. The fraction of sp³-hybridized carbons (Fsp3) is 0.500. The van der Waals surface area contributed by atoms with Crippen LogP contribution in [0.5, 0.6) is 0 Å². The summed E-state index contributed by atoms with van der Waals surface area (Å²) in [5.41, 5.74) is 1.18. The number of rotatable bonds is 5. The second-order valence-corrected chi connectivity index (χ2v) is 5.12. The molecule has 0 saturated carbocycles. The number of pyridine rings is 1. The van der Waals surface area contributed by atoms with E-state index in [1.165, 1.54) is 0 Å². The molecular weight excluding hydrogens is 252 g/mol. The third-order valence-corrected chi connectivity index (χ3v) is 2.84. The molecule has 0 radical (unpaired) electrons. The predicted molar refractivity (Wildman–Crippen MR) is 79.2 cm³/mol. The van der Waals surface area contributed by atoms with Crippen molar-refractivity contribution < 1.29 is 9.90 Å². The van der Waals surface area contributed by atoms with Gasteiger partial charge in [0.05, 0.1) is 6.61 Å². The first-order chi connectivity index (χ1) is 9.54. The number of nitrogens with zero attached hydrogens (tertiary/aromatic N) is 2. The molecule has 1 amide bonds. The Morgan fingerprint density at radius 1 is 1.45 bits per heavy atom. The van der Waals surface area contributed by atoms with E-state index >= 15 is 0 Å². The summed E-state index contributed by atoms with van der Waals surface area (Å²) in [6, 6.07) is 3.47. The van der Waals surface area contributed by atoms with E-state index in [1.807, 2.05) is 0 Å². The first kappa shape index (κ1) is 16.2. The van der Waals surface area contributed by atoms with Crippen molar-refractivity contribution in [3.8, 4) is 11.8 Å². The monoisotopic (exact) mass is 274 g/mol. The molecule has 0 bridgehead atoms. The number of carbonyl (C=O) groups is 1. The highest BCUT2D eigenvalue weighted by Crippen LogP contribution is 2.06. The number of carbonyl (C=O) groups excluding carboxylic acids is 1. The maximum atomic E-state index is 12.1. The van der Waals surface area contributed by atoms with Crippen LogP contribution in [0.25, 0.3) is 0 Å². The maximum absolute atomic E-state index is 12.1. The van der Waals surface area contributed by atoms with Crippen LogP contribution in [0.3, 0.4) is 0 Å². The Hall–Kier alpha value is -1.86. The number of aliphatic hydroxyl groups excluding tert-OH is 1. The summed E-state index contributed by atoms with van der Waals surface area (Å²) in [5, 5.41) is 8.64. The van der Waals surface area contributed by atoms with Crippen molar-refractivity contribution in [3.63, 3.8) is 0 Å². The zero-order valence-electron chi connectivity index (χ0n) is 12.4. The number of aliphatic hydroxyl groups is 1. The topological polar surface area (TPSA) is 53.4 Å². The van der Waals surface area contributed by atoms with E-state index in [0.717, 1.165) is 18.5 Å². The molecule has 0 aliphatic heterocycles. The molecule has 0 aromatic carbocycles. The van der Waals surface area contributed by atoms with Gasteiger partial charge in [-0.3, -0.25) is 4.79 Å². The highest BCUT2D eigenvalue weighted by Gasteiger charge is 2.12. The number of amides is 1. The van der Waals surface area contributed by atoms with E-state index in [1.54, 1.807) is 30.3 Å². The largest absolute Gasteiger partial charge is 0.395 e. The Balaban J connectivity index is 2.64. The van der Waals surface area contributed by atoms with Crippen molar-refractivity contribution in [2.24, 2.45) is 5.92 Å². The van der Waals surface area contributed by atoms with Crippen LogP contribution < -0.4 is 0 Å². The van der Waals surface area contributed by atoms with Crippen molar-refractivity contribution >= 4 is 5.91 Å². The molecule has 1 aromatic rings. The molecule has 0 aliphatic carbocycles. The fourth-order valence-electron chi connectivity index (χ4n) is 1.56. The van der Waals surface area contributed by atoms with Gasteiger partial charge in [0, 0.05) is 31.8 Å². The van der Waals surface area contributed by atoms with Gasteiger partial charge < -0.3 is 10.0 Å². The molecule has 0 saturated heterocycles. The molecule has 0 atom stereocenters. The summed E-state index contributed by atoms with van der Waals surface area (Å²) in [5.74, 6) is 6.21. The Labute approximate surface area is 120 Å². The van der Waals surface area contributed by atoms with Gasteiger partial charge in [0.2, 0.25) is 0 Å². The minimum Gasteiger partial charge on any atom is -0.395 e. The van der Waals surface area contributed by atoms with E-state index in [-0.39, 0.29) is 12.5 Å². The Kier molecular flexibility index (Phi) is 6.75. The Morgan fingerprint density at radius 2 is 2.20 bits per heavy atom. The highest BCUT2D eigenvalue weighted by molar-refractivity contribution is 5.92. The number of hydrogen-bond donors (Lipinski definition) is 1. The Morgan fingerprint density at radius 3 is 2.75 bits per heavy atom. The van der Waals surface area contributed by atoms with Crippen LogP contribution in [-0.4, -0.2) is 41.1 Å². The van der Waals surface area contributed by atoms with Gasteiger partial charge in [-0.15, -0.1) is 0 Å². The molecule has 1 rings (SSSR count). The first-order valence-electron chi connectivity index (χ1n) is 6.86. The van der Waals surface area contributed by atoms with Gasteiger partial charge in [0.15, 0.2) is 0 Å². The van der Waals surface area contributed by atoms with Gasteiger partial charge in [-0.2, -0.15) is 0 Å². The number of aromatic nitrogens is 1. The standard InChI is InChI=1S/C16H22N2O2/c1-13(2)9-10-18(3)16(20)15-8-7-14(12-17-15)6-4-5-11-19/h7-8,12-13,19H,5,9-11H2,1-3H3. The summed E-state index contributed by atoms with van der Waals surface area (Å²) >= 11 is 0. The summed E-state index contributed by atoms with van der Waals surface area (Å²) < 4.78 is 0. The van der Waals surface area contributed by atoms with Crippen LogP contribution in [-0.2, 0) is 0 Å². The van der Waals surface area contributed by atoms with E-state index in [9.17, 15) is 4.79 Å². The van der Waals surface area contributed by atoms with Crippen LogP contribution >= 0.6 is 0 Å². The van der Waals surface area contributed by atoms with Crippen LogP contribution in [0.1, 0.15) is 42.7 Å². The third kappa shape index (κ3) is 5.41. The molecule has 0 aliphatic rings. The molecule has 108 valence electrons. The maximum Gasteiger partial charge on any atom is 0.272 e. The highest BCUT2D eigenvalue weighted by atomic mass is 16.2.